The minimum atomic E-state index is 0.0414. The zero-order valence-corrected chi connectivity index (χ0v) is 6.94. The van der Waals surface area contributed by atoms with Gasteiger partial charge in [0.2, 0.25) is 5.88 Å². The van der Waals surface area contributed by atoms with Gasteiger partial charge in [0, 0.05) is 17.8 Å². The van der Waals surface area contributed by atoms with Crippen LogP contribution in [0.25, 0.3) is 11.1 Å². The van der Waals surface area contributed by atoms with Crippen LogP contribution in [0.1, 0.15) is 0 Å². The van der Waals surface area contributed by atoms with Crippen molar-refractivity contribution >= 4 is 0 Å². The van der Waals surface area contributed by atoms with E-state index in [2.05, 4.69) is 11.1 Å². The Morgan fingerprint density at radius 1 is 1.15 bits per heavy atom. The maximum absolute atomic E-state index is 8.98. The molecule has 63 valence electrons. The van der Waals surface area contributed by atoms with Crippen molar-refractivity contribution in [2.24, 2.45) is 0 Å². The molecule has 13 heavy (non-hydrogen) atoms. The Morgan fingerprint density at radius 3 is 2.69 bits per heavy atom. The van der Waals surface area contributed by atoms with Gasteiger partial charge in [0.1, 0.15) is 0 Å². The second-order valence-electron chi connectivity index (χ2n) is 2.68. The van der Waals surface area contributed by atoms with Crippen molar-refractivity contribution in [2.45, 2.75) is 0 Å². The lowest BCUT2D eigenvalue weighted by Crippen LogP contribution is -1.79. The van der Waals surface area contributed by atoms with Crippen molar-refractivity contribution in [3.8, 4) is 17.0 Å². The van der Waals surface area contributed by atoms with Gasteiger partial charge in [0.15, 0.2) is 0 Å². The van der Waals surface area contributed by atoms with Gasteiger partial charge in [-0.3, -0.25) is 0 Å². The van der Waals surface area contributed by atoms with Gasteiger partial charge in [-0.05, 0) is 17.7 Å². The number of benzene rings is 1. The molecule has 0 bridgehead atoms. The summed E-state index contributed by atoms with van der Waals surface area (Å²) >= 11 is 0. The Morgan fingerprint density at radius 2 is 2.08 bits per heavy atom. The second-order valence-corrected chi connectivity index (χ2v) is 2.68. The number of aromatic nitrogens is 1. The van der Waals surface area contributed by atoms with Crippen LogP contribution in [0.15, 0.2) is 42.6 Å². The number of rotatable bonds is 1. The molecule has 1 radical (unpaired) electrons. The molecule has 0 aliphatic rings. The van der Waals surface area contributed by atoms with Crippen LogP contribution < -0.4 is 0 Å². The predicted octanol–water partition coefficient (Wildman–Crippen LogP) is 2.25. The Balaban J connectivity index is 2.42. The second kappa shape index (κ2) is 3.27. The fourth-order valence-corrected chi connectivity index (χ4v) is 1.12. The van der Waals surface area contributed by atoms with E-state index in [1.165, 1.54) is 0 Å². The van der Waals surface area contributed by atoms with Crippen molar-refractivity contribution in [1.29, 1.82) is 0 Å². The quantitative estimate of drug-likeness (QED) is 0.712. The van der Waals surface area contributed by atoms with Crippen molar-refractivity contribution in [3.05, 3.63) is 48.7 Å². The average Bonchev–Trinajstić information content (AvgIpc) is 2.20. The van der Waals surface area contributed by atoms with Crippen LogP contribution in [0.2, 0.25) is 0 Å². The molecule has 1 heterocycles. The van der Waals surface area contributed by atoms with Crippen LogP contribution in [0.3, 0.4) is 0 Å². The first kappa shape index (κ1) is 7.80. The molecule has 0 saturated carbocycles. The van der Waals surface area contributed by atoms with E-state index in [4.69, 9.17) is 5.11 Å². The van der Waals surface area contributed by atoms with Crippen LogP contribution in [0, 0.1) is 6.07 Å². The van der Waals surface area contributed by atoms with Gasteiger partial charge < -0.3 is 5.11 Å². The van der Waals surface area contributed by atoms with E-state index in [9.17, 15) is 0 Å². The third-order valence-corrected chi connectivity index (χ3v) is 1.77. The maximum Gasteiger partial charge on any atom is 0.210 e. The molecular weight excluding hydrogens is 162 g/mol. The summed E-state index contributed by atoms with van der Waals surface area (Å²) in [5.74, 6) is 0.0414. The zero-order chi connectivity index (χ0) is 9.10. The molecule has 1 aromatic heterocycles. The molecule has 0 aliphatic heterocycles. The summed E-state index contributed by atoms with van der Waals surface area (Å²) in [6.07, 6.45) is 1.63. The first-order valence-electron chi connectivity index (χ1n) is 3.98. The van der Waals surface area contributed by atoms with Gasteiger partial charge in [0.25, 0.3) is 0 Å². The standard InChI is InChI=1S/C11H8NO/c13-11-7-6-10(8-12-11)9-4-2-1-3-5-9/h1-4,6-8H,(H,12,13). The molecule has 0 amide bonds. The van der Waals surface area contributed by atoms with E-state index in [0.717, 1.165) is 11.1 Å². The molecule has 0 fully saturated rings. The van der Waals surface area contributed by atoms with Crippen LogP contribution in [0.5, 0.6) is 5.88 Å². The first-order valence-corrected chi connectivity index (χ1v) is 3.98. The molecule has 2 heteroatoms. The molecule has 0 unspecified atom stereocenters. The SMILES string of the molecule is Oc1ccc(-c2[c]cccc2)cn1. The highest BCUT2D eigenvalue weighted by molar-refractivity contribution is 5.61. The van der Waals surface area contributed by atoms with Crippen molar-refractivity contribution in [3.63, 3.8) is 0 Å². The summed E-state index contributed by atoms with van der Waals surface area (Å²) in [5, 5.41) is 8.98. The molecule has 1 N–H and O–H groups in total. The topological polar surface area (TPSA) is 33.1 Å². The van der Waals surface area contributed by atoms with Crippen LogP contribution in [-0.4, -0.2) is 10.1 Å². The number of nitrogens with zero attached hydrogens (tertiary/aromatic N) is 1. The van der Waals surface area contributed by atoms with Gasteiger partial charge in [-0.15, -0.1) is 0 Å². The fraction of sp³-hybridized carbons (Fsp3) is 0. The highest BCUT2D eigenvalue weighted by Gasteiger charge is 1.96. The van der Waals surface area contributed by atoms with Crippen LogP contribution in [0.4, 0.5) is 0 Å². The Bertz CT molecular complexity index is 381. The van der Waals surface area contributed by atoms with E-state index in [-0.39, 0.29) is 5.88 Å². The van der Waals surface area contributed by atoms with E-state index < -0.39 is 0 Å². The van der Waals surface area contributed by atoms with Crippen molar-refractivity contribution < 1.29 is 5.11 Å². The molecule has 2 aromatic rings. The third kappa shape index (κ3) is 1.67. The molecule has 0 aliphatic carbocycles. The van der Waals surface area contributed by atoms with Gasteiger partial charge in [0.05, 0.1) is 0 Å². The zero-order valence-electron chi connectivity index (χ0n) is 6.94. The molecule has 0 spiro atoms. The monoisotopic (exact) mass is 170 g/mol. The number of hydrogen-bond acceptors (Lipinski definition) is 2. The predicted molar refractivity (Wildman–Crippen MR) is 50.2 cm³/mol. The van der Waals surface area contributed by atoms with Gasteiger partial charge in [-0.1, -0.05) is 24.3 Å². The van der Waals surface area contributed by atoms with E-state index in [1.807, 2.05) is 30.3 Å². The molecule has 0 saturated heterocycles. The fourth-order valence-electron chi connectivity index (χ4n) is 1.12. The summed E-state index contributed by atoms with van der Waals surface area (Å²) in [6, 6.07) is 14.1. The summed E-state index contributed by atoms with van der Waals surface area (Å²) in [7, 11) is 0. The molecule has 1 aromatic carbocycles. The molecule has 2 rings (SSSR count). The lowest BCUT2D eigenvalue weighted by Gasteiger charge is -1.98. The van der Waals surface area contributed by atoms with E-state index in [0.29, 0.717) is 0 Å². The van der Waals surface area contributed by atoms with Gasteiger partial charge >= 0.3 is 0 Å². The average molecular weight is 170 g/mol. The smallest absolute Gasteiger partial charge is 0.210 e. The third-order valence-electron chi connectivity index (χ3n) is 1.77. The largest absolute Gasteiger partial charge is 0.493 e. The maximum atomic E-state index is 8.98. The van der Waals surface area contributed by atoms with Crippen LogP contribution >= 0.6 is 0 Å². The lowest BCUT2D eigenvalue weighted by atomic mass is 10.1. The van der Waals surface area contributed by atoms with Gasteiger partial charge in [-0.2, -0.15) is 0 Å². The summed E-state index contributed by atoms with van der Waals surface area (Å²) in [6.45, 7) is 0. The Hall–Kier alpha value is -1.83. The van der Waals surface area contributed by atoms with E-state index >= 15 is 0 Å². The van der Waals surface area contributed by atoms with Gasteiger partial charge in [-0.25, -0.2) is 4.98 Å². The molecular formula is C11H8NO. The number of pyridine rings is 1. The van der Waals surface area contributed by atoms with E-state index in [1.54, 1.807) is 12.3 Å². The number of hydrogen-bond donors (Lipinski definition) is 1. The first-order chi connectivity index (χ1) is 6.36. The molecule has 2 nitrogen and oxygen atoms in total. The summed E-state index contributed by atoms with van der Waals surface area (Å²) in [4.78, 5) is 3.79. The summed E-state index contributed by atoms with van der Waals surface area (Å²) < 4.78 is 0. The highest BCUT2D eigenvalue weighted by Crippen LogP contribution is 2.18. The van der Waals surface area contributed by atoms with Crippen LogP contribution in [-0.2, 0) is 0 Å². The highest BCUT2D eigenvalue weighted by atomic mass is 16.3. The minimum Gasteiger partial charge on any atom is -0.493 e. The lowest BCUT2D eigenvalue weighted by molar-refractivity contribution is 0.453. The number of aromatic hydroxyl groups is 1. The van der Waals surface area contributed by atoms with Crippen molar-refractivity contribution in [1.82, 2.24) is 4.98 Å². The minimum absolute atomic E-state index is 0.0414. The Kier molecular flexibility index (Phi) is 1.96. The van der Waals surface area contributed by atoms with Crippen molar-refractivity contribution in [2.75, 3.05) is 0 Å². The summed E-state index contributed by atoms with van der Waals surface area (Å²) in [5.41, 5.74) is 1.94. The Labute approximate surface area is 76.5 Å². The molecule has 0 atom stereocenters. The normalized spacial score (nSPS) is 9.85.